The number of carboxylic acids is 1. The van der Waals surface area contributed by atoms with Crippen LogP contribution in [0.4, 0.5) is 8.78 Å². The number of amides is 1. The normalized spacial score (nSPS) is 10.1. The summed E-state index contributed by atoms with van der Waals surface area (Å²) >= 11 is 0. The van der Waals surface area contributed by atoms with E-state index in [0.29, 0.717) is 0 Å². The van der Waals surface area contributed by atoms with Crippen LogP contribution >= 0.6 is 0 Å². The third-order valence-corrected chi connectivity index (χ3v) is 1.72. The van der Waals surface area contributed by atoms with Crippen LogP contribution < -0.4 is 10.1 Å². The topological polar surface area (TPSA) is 75.6 Å². The molecule has 0 aromatic heterocycles. The van der Waals surface area contributed by atoms with E-state index in [0.717, 1.165) is 6.07 Å². The van der Waals surface area contributed by atoms with E-state index in [1.165, 1.54) is 18.2 Å². The van der Waals surface area contributed by atoms with Gasteiger partial charge in [0.25, 0.3) is 5.91 Å². The fourth-order valence-electron chi connectivity index (χ4n) is 1.07. The van der Waals surface area contributed by atoms with E-state index in [4.69, 9.17) is 5.11 Å². The third-order valence-electron chi connectivity index (χ3n) is 1.72. The number of ether oxygens (including phenoxy) is 1. The zero-order valence-corrected chi connectivity index (χ0v) is 8.52. The van der Waals surface area contributed by atoms with Gasteiger partial charge in [-0.15, -0.1) is 0 Å². The molecule has 0 unspecified atom stereocenters. The molecule has 0 heterocycles. The fraction of sp³-hybridized carbons (Fsp3) is 0.200. The van der Waals surface area contributed by atoms with Gasteiger partial charge in [0.2, 0.25) is 0 Å². The Labute approximate surface area is 95.0 Å². The van der Waals surface area contributed by atoms with Crippen molar-refractivity contribution in [3.8, 4) is 5.75 Å². The molecular formula is C10H9F2NO4. The molecule has 0 saturated carbocycles. The number of rotatable bonds is 5. The number of hydrogen-bond donors (Lipinski definition) is 2. The van der Waals surface area contributed by atoms with Crippen molar-refractivity contribution in [2.24, 2.45) is 0 Å². The summed E-state index contributed by atoms with van der Waals surface area (Å²) in [7, 11) is 0. The Hall–Kier alpha value is -2.18. The number of aliphatic carboxylic acids is 1. The SMILES string of the molecule is O=C(O)CNC(=O)c1cccc(OC(F)F)c1. The number of benzene rings is 1. The Morgan fingerprint density at radius 3 is 2.71 bits per heavy atom. The molecule has 1 amide bonds. The number of carboxylic acid groups (broad SMARTS) is 1. The van der Waals surface area contributed by atoms with E-state index >= 15 is 0 Å². The summed E-state index contributed by atoms with van der Waals surface area (Å²) in [5.74, 6) is -2.03. The number of hydrogen-bond acceptors (Lipinski definition) is 3. The summed E-state index contributed by atoms with van der Waals surface area (Å²) < 4.78 is 27.9. The van der Waals surface area contributed by atoms with Crippen molar-refractivity contribution in [3.63, 3.8) is 0 Å². The molecule has 1 rings (SSSR count). The lowest BCUT2D eigenvalue weighted by Crippen LogP contribution is -2.29. The lowest BCUT2D eigenvalue weighted by Gasteiger charge is -2.06. The van der Waals surface area contributed by atoms with Crippen molar-refractivity contribution in [1.82, 2.24) is 5.32 Å². The van der Waals surface area contributed by atoms with E-state index in [-0.39, 0.29) is 11.3 Å². The Bertz CT molecular complexity index is 423. The van der Waals surface area contributed by atoms with Gasteiger partial charge in [0, 0.05) is 5.56 Å². The van der Waals surface area contributed by atoms with Crippen LogP contribution in [0.1, 0.15) is 10.4 Å². The maximum Gasteiger partial charge on any atom is 0.387 e. The van der Waals surface area contributed by atoms with E-state index < -0.39 is 25.0 Å². The predicted molar refractivity (Wildman–Crippen MR) is 53.0 cm³/mol. The average Bonchev–Trinajstić information content (AvgIpc) is 2.25. The highest BCUT2D eigenvalue weighted by molar-refractivity contribution is 5.96. The molecule has 92 valence electrons. The fourth-order valence-corrected chi connectivity index (χ4v) is 1.07. The van der Waals surface area contributed by atoms with Crippen molar-refractivity contribution in [2.75, 3.05) is 6.54 Å². The Morgan fingerprint density at radius 2 is 2.12 bits per heavy atom. The number of halogens is 2. The monoisotopic (exact) mass is 245 g/mol. The van der Waals surface area contributed by atoms with Crippen molar-refractivity contribution < 1.29 is 28.2 Å². The third kappa shape index (κ3) is 4.45. The van der Waals surface area contributed by atoms with Crippen LogP contribution in [0.5, 0.6) is 5.75 Å². The summed E-state index contributed by atoms with van der Waals surface area (Å²) in [6, 6.07) is 5.08. The molecule has 17 heavy (non-hydrogen) atoms. The smallest absolute Gasteiger partial charge is 0.387 e. The Kier molecular flexibility index (Phi) is 4.38. The molecule has 0 radical (unpaired) electrons. The molecule has 1 aromatic rings. The summed E-state index contributed by atoms with van der Waals surface area (Å²) in [5.41, 5.74) is 0.0457. The van der Waals surface area contributed by atoms with Gasteiger partial charge in [-0.2, -0.15) is 8.78 Å². The highest BCUT2D eigenvalue weighted by Crippen LogP contribution is 2.15. The molecule has 0 bridgehead atoms. The van der Waals surface area contributed by atoms with Gasteiger partial charge in [0.15, 0.2) is 0 Å². The van der Waals surface area contributed by atoms with Gasteiger partial charge in [0.05, 0.1) is 0 Å². The standard InChI is InChI=1S/C10H9F2NO4/c11-10(12)17-7-3-1-2-6(4-7)9(16)13-5-8(14)15/h1-4,10H,5H2,(H,13,16)(H,14,15). The summed E-state index contributed by atoms with van der Waals surface area (Å²) in [6.45, 7) is -3.52. The highest BCUT2D eigenvalue weighted by Gasteiger charge is 2.10. The van der Waals surface area contributed by atoms with Crippen LogP contribution in [0.25, 0.3) is 0 Å². The van der Waals surface area contributed by atoms with Crippen LogP contribution in [0, 0.1) is 0 Å². The molecule has 2 N–H and O–H groups in total. The van der Waals surface area contributed by atoms with Gasteiger partial charge in [-0.25, -0.2) is 0 Å². The van der Waals surface area contributed by atoms with Gasteiger partial charge in [-0.1, -0.05) is 6.07 Å². The second kappa shape index (κ2) is 5.78. The maximum atomic E-state index is 11.9. The Balaban J connectivity index is 2.70. The number of carbonyl (C=O) groups excluding carboxylic acids is 1. The first-order valence-corrected chi connectivity index (χ1v) is 4.54. The molecule has 5 nitrogen and oxygen atoms in total. The first-order valence-electron chi connectivity index (χ1n) is 4.54. The largest absolute Gasteiger partial charge is 0.480 e. The minimum atomic E-state index is -2.98. The van der Waals surface area contributed by atoms with E-state index in [9.17, 15) is 18.4 Å². The zero-order valence-electron chi connectivity index (χ0n) is 8.52. The lowest BCUT2D eigenvalue weighted by atomic mass is 10.2. The zero-order chi connectivity index (χ0) is 12.8. The Morgan fingerprint density at radius 1 is 1.41 bits per heavy atom. The summed E-state index contributed by atoms with van der Waals surface area (Å²) in [6.07, 6.45) is 0. The number of alkyl halides is 2. The first-order chi connectivity index (χ1) is 7.99. The average molecular weight is 245 g/mol. The molecule has 0 aliphatic rings. The molecule has 0 aliphatic heterocycles. The first kappa shape index (κ1) is 12.9. The van der Waals surface area contributed by atoms with Crippen LogP contribution in [0.3, 0.4) is 0 Å². The molecule has 7 heteroatoms. The lowest BCUT2D eigenvalue weighted by molar-refractivity contribution is -0.135. The van der Waals surface area contributed by atoms with Crippen molar-refractivity contribution in [3.05, 3.63) is 29.8 Å². The van der Waals surface area contributed by atoms with Gasteiger partial charge >= 0.3 is 12.6 Å². The van der Waals surface area contributed by atoms with E-state index in [1.807, 2.05) is 0 Å². The highest BCUT2D eigenvalue weighted by atomic mass is 19.3. The van der Waals surface area contributed by atoms with Gasteiger partial charge in [-0.05, 0) is 18.2 Å². The van der Waals surface area contributed by atoms with Gasteiger partial charge in [0.1, 0.15) is 12.3 Å². The summed E-state index contributed by atoms with van der Waals surface area (Å²) in [5, 5.41) is 10.4. The quantitative estimate of drug-likeness (QED) is 0.814. The van der Waals surface area contributed by atoms with Crippen LogP contribution in [0.2, 0.25) is 0 Å². The van der Waals surface area contributed by atoms with Crippen molar-refractivity contribution >= 4 is 11.9 Å². The van der Waals surface area contributed by atoms with Crippen LogP contribution in [0.15, 0.2) is 24.3 Å². The number of carbonyl (C=O) groups is 2. The molecule has 1 aromatic carbocycles. The van der Waals surface area contributed by atoms with E-state index in [1.54, 1.807) is 0 Å². The number of nitrogens with one attached hydrogen (secondary N) is 1. The molecular weight excluding hydrogens is 236 g/mol. The van der Waals surface area contributed by atoms with Gasteiger partial charge < -0.3 is 15.2 Å². The molecule has 0 fully saturated rings. The molecule has 0 aliphatic carbocycles. The van der Waals surface area contributed by atoms with Gasteiger partial charge in [-0.3, -0.25) is 9.59 Å². The molecule has 0 atom stereocenters. The summed E-state index contributed by atoms with van der Waals surface area (Å²) in [4.78, 5) is 21.6. The van der Waals surface area contributed by atoms with Crippen LogP contribution in [-0.2, 0) is 4.79 Å². The van der Waals surface area contributed by atoms with Crippen molar-refractivity contribution in [2.45, 2.75) is 6.61 Å². The molecule has 0 saturated heterocycles. The second-order valence-electron chi connectivity index (χ2n) is 2.98. The van der Waals surface area contributed by atoms with E-state index in [2.05, 4.69) is 10.1 Å². The van der Waals surface area contributed by atoms with Crippen molar-refractivity contribution in [1.29, 1.82) is 0 Å². The van der Waals surface area contributed by atoms with Crippen LogP contribution in [-0.4, -0.2) is 30.1 Å². The second-order valence-corrected chi connectivity index (χ2v) is 2.98. The molecule has 0 spiro atoms. The minimum Gasteiger partial charge on any atom is -0.480 e. The minimum absolute atomic E-state index is 0.0457. The maximum absolute atomic E-state index is 11.9. The predicted octanol–water partition coefficient (Wildman–Crippen LogP) is 1.10.